The van der Waals surface area contributed by atoms with Gasteiger partial charge in [0.05, 0.1) is 48.7 Å². The lowest BCUT2D eigenvalue weighted by atomic mass is 9.89. The van der Waals surface area contributed by atoms with Crippen LogP contribution in [0.3, 0.4) is 0 Å². The Morgan fingerprint density at radius 3 is 2.13 bits per heavy atom. The van der Waals surface area contributed by atoms with E-state index in [4.69, 9.17) is 9.47 Å². The van der Waals surface area contributed by atoms with Crippen molar-refractivity contribution in [3.63, 3.8) is 0 Å². The Labute approximate surface area is 381 Å². The van der Waals surface area contributed by atoms with Gasteiger partial charge in [0.2, 0.25) is 23.6 Å². The molecule has 1 aliphatic rings. The van der Waals surface area contributed by atoms with Crippen LogP contribution in [0.1, 0.15) is 96.3 Å². The summed E-state index contributed by atoms with van der Waals surface area (Å²) in [7, 11) is 8.77. The first-order chi connectivity index (χ1) is 30.1. The van der Waals surface area contributed by atoms with Crippen molar-refractivity contribution in [1.82, 2.24) is 30.3 Å². The van der Waals surface area contributed by atoms with Crippen LogP contribution in [0, 0.1) is 23.7 Å². The molecular formula is C49H75N7O6S. The summed E-state index contributed by atoms with van der Waals surface area (Å²) in [6.45, 7) is 15.0. The first kappa shape index (κ1) is 51.3. The van der Waals surface area contributed by atoms with Gasteiger partial charge in [-0.2, -0.15) is 0 Å². The zero-order chi connectivity index (χ0) is 46.4. The molecule has 4 amide bonds. The summed E-state index contributed by atoms with van der Waals surface area (Å²) in [5, 5.41) is 12.3. The zero-order valence-corrected chi connectivity index (χ0v) is 40.6. The van der Waals surface area contributed by atoms with Crippen LogP contribution in [0.2, 0.25) is 0 Å². The molecule has 2 heterocycles. The molecule has 3 aromatic rings. The molecule has 0 bridgehead atoms. The van der Waals surface area contributed by atoms with Gasteiger partial charge in [0.15, 0.2) is 0 Å². The van der Waals surface area contributed by atoms with Gasteiger partial charge in [-0.05, 0) is 67.3 Å². The highest BCUT2D eigenvalue weighted by atomic mass is 32.1. The normalized spacial score (nSPS) is 18.0. The summed E-state index contributed by atoms with van der Waals surface area (Å²) in [4.78, 5) is 67.3. The van der Waals surface area contributed by atoms with Crippen LogP contribution in [-0.2, 0) is 41.6 Å². The molecule has 13 nitrogen and oxygen atoms in total. The molecule has 14 heteroatoms. The Balaban J connectivity index is 1.48. The van der Waals surface area contributed by atoms with Crippen molar-refractivity contribution in [2.45, 2.75) is 130 Å². The number of hydrogen-bond acceptors (Lipinski definition) is 10. The molecule has 1 aromatic heterocycles. The van der Waals surface area contributed by atoms with Crippen LogP contribution < -0.4 is 16.0 Å². The van der Waals surface area contributed by atoms with E-state index in [1.165, 1.54) is 11.3 Å². The van der Waals surface area contributed by atoms with E-state index < -0.39 is 36.3 Å². The lowest BCUT2D eigenvalue weighted by molar-refractivity contribution is -0.148. The van der Waals surface area contributed by atoms with E-state index in [1.807, 2.05) is 118 Å². The first-order valence-corrected chi connectivity index (χ1v) is 23.6. The lowest BCUT2D eigenvalue weighted by Gasteiger charge is -2.41. The molecule has 348 valence electrons. The highest BCUT2D eigenvalue weighted by Crippen LogP contribution is 2.31. The maximum Gasteiger partial charge on any atom is 0.245 e. The van der Waals surface area contributed by atoms with Crippen molar-refractivity contribution < 1.29 is 28.7 Å². The Morgan fingerprint density at radius 1 is 0.889 bits per heavy atom. The standard InChI is InChI=1S/C49H75N7O6S/c1-13-33(6)44(55(10)49(60)42(31(2)3)53-47(59)43(32(4)5)54(9)30-36-21-23-37(50-8)24-22-36)40(61-11)29-41(57)56-26-17-20-39(56)45(62-12)34(7)46(58)52-38(48-51-25-27-63-48)28-35-18-15-14-16-19-35/h14-16,18-19,21-25,27,31-34,38-40,42-45,50H,13,17,20,26,28-30H2,1-12H3,(H,52,58)(H,53,59)/t33-,34+,38-,39-,40+,42-,43-,44-,45+/m0/s1. The maximum absolute atomic E-state index is 14.6. The molecule has 1 fully saturated rings. The summed E-state index contributed by atoms with van der Waals surface area (Å²) in [5.74, 6) is -1.54. The van der Waals surface area contributed by atoms with Crippen LogP contribution >= 0.6 is 11.3 Å². The minimum atomic E-state index is -0.798. The Morgan fingerprint density at radius 2 is 1.57 bits per heavy atom. The molecule has 0 aliphatic carbocycles. The van der Waals surface area contributed by atoms with Gasteiger partial charge in [0.25, 0.3) is 0 Å². The maximum atomic E-state index is 14.6. The Hall–Kier alpha value is -4.37. The van der Waals surface area contributed by atoms with Crippen molar-refractivity contribution in [3.8, 4) is 0 Å². The lowest BCUT2D eigenvalue weighted by Crippen LogP contribution is -2.60. The number of benzene rings is 2. The predicted octanol–water partition coefficient (Wildman–Crippen LogP) is 6.80. The number of methoxy groups -OCH3 is 2. The summed E-state index contributed by atoms with van der Waals surface area (Å²) >= 11 is 1.51. The molecule has 9 atom stereocenters. The highest BCUT2D eigenvalue weighted by molar-refractivity contribution is 7.09. The number of rotatable bonds is 24. The monoisotopic (exact) mass is 890 g/mol. The molecule has 0 radical (unpaired) electrons. The molecule has 1 saturated heterocycles. The number of likely N-dealkylation sites (tertiary alicyclic amines) is 1. The van der Waals surface area contributed by atoms with Gasteiger partial charge in [-0.25, -0.2) is 4.98 Å². The predicted molar refractivity (Wildman–Crippen MR) is 252 cm³/mol. The first-order valence-electron chi connectivity index (χ1n) is 22.7. The van der Waals surface area contributed by atoms with E-state index in [0.717, 1.165) is 34.7 Å². The summed E-state index contributed by atoms with van der Waals surface area (Å²) < 4.78 is 12.2. The van der Waals surface area contributed by atoms with Crippen LogP contribution in [-0.4, -0.2) is 122 Å². The van der Waals surface area contributed by atoms with Gasteiger partial charge < -0.3 is 35.2 Å². The van der Waals surface area contributed by atoms with E-state index in [1.54, 1.807) is 32.4 Å². The van der Waals surface area contributed by atoms with E-state index >= 15 is 0 Å². The number of nitrogens with one attached hydrogen (secondary N) is 3. The molecule has 0 unspecified atom stereocenters. The third-order valence-corrected chi connectivity index (χ3v) is 13.8. The Bertz CT molecular complexity index is 1860. The van der Waals surface area contributed by atoms with E-state index in [2.05, 4.69) is 34.8 Å². The third-order valence-electron chi connectivity index (χ3n) is 12.9. The number of nitrogens with zero attached hydrogens (tertiary/aromatic N) is 4. The van der Waals surface area contributed by atoms with Crippen molar-refractivity contribution in [3.05, 3.63) is 82.3 Å². The van der Waals surface area contributed by atoms with E-state index in [0.29, 0.717) is 25.9 Å². The average Bonchev–Trinajstić information content (AvgIpc) is 3.99. The number of likely N-dealkylation sites (N-methyl/N-ethyl adjacent to an activating group) is 2. The fourth-order valence-corrected chi connectivity index (χ4v) is 9.90. The molecule has 1 aliphatic heterocycles. The molecular weight excluding hydrogens is 815 g/mol. The highest BCUT2D eigenvalue weighted by Gasteiger charge is 2.43. The molecule has 3 N–H and O–H groups in total. The second-order valence-electron chi connectivity index (χ2n) is 18.0. The topological polar surface area (TPSA) is 145 Å². The van der Waals surface area contributed by atoms with Crippen LogP contribution in [0.25, 0.3) is 0 Å². The second-order valence-corrected chi connectivity index (χ2v) is 18.9. The van der Waals surface area contributed by atoms with Gasteiger partial charge in [-0.1, -0.05) is 97.4 Å². The largest absolute Gasteiger partial charge is 0.388 e. The van der Waals surface area contributed by atoms with Crippen molar-refractivity contribution in [2.24, 2.45) is 23.7 Å². The second kappa shape index (κ2) is 24.6. The van der Waals surface area contributed by atoms with E-state index in [-0.39, 0.29) is 59.9 Å². The van der Waals surface area contributed by atoms with Crippen molar-refractivity contribution in [2.75, 3.05) is 47.2 Å². The molecule has 63 heavy (non-hydrogen) atoms. The zero-order valence-electron chi connectivity index (χ0n) is 39.8. The number of aromatic nitrogens is 1. The number of thiazole rings is 1. The molecule has 0 spiro atoms. The fourth-order valence-electron chi connectivity index (χ4n) is 9.21. The smallest absolute Gasteiger partial charge is 0.245 e. The number of hydrogen-bond donors (Lipinski definition) is 3. The third kappa shape index (κ3) is 13.6. The minimum absolute atomic E-state index is 0.0199. The van der Waals surface area contributed by atoms with Crippen LogP contribution in [0.4, 0.5) is 5.69 Å². The van der Waals surface area contributed by atoms with Gasteiger partial charge in [0, 0.05) is 58.7 Å². The van der Waals surface area contributed by atoms with Crippen molar-refractivity contribution in [1.29, 1.82) is 0 Å². The van der Waals surface area contributed by atoms with Gasteiger partial charge >= 0.3 is 0 Å². The number of carbonyl (C=O) groups excluding carboxylic acids is 4. The van der Waals surface area contributed by atoms with Crippen LogP contribution in [0.15, 0.2) is 66.2 Å². The van der Waals surface area contributed by atoms with Crippen molar-refractivity contribution >= 4 is 40.7 Å². The van der Waals surface area contributed by atoms with Crippen LogP contribution in [0.5, 0.6) is 0 Å². The van der Waals surface area contributed by atoms with Gasteiger partial charge in [-0.3, -0.25) is 24.1 Å². The number of carbonyl (C=O) groups is 4. The van der Waals surface area contributed by atoms with Gasteiger partial charge in [-0.15, -0.1) is 11.3 Å². The quantitative estimate of drug-likeness (QED) is 0.0885. The number of ether oxygens (including phenoxy) is 2. The summed E-state index contributed by atoms with van der Waals surface area (Å²) in [6.07, 6.45) is 3.40. The molecule has 2 aromatic carbocycles. The molecule has 0 saturated carbocycles. The van der Waals surface area contributed by atoms with Gasteiger partial charge in [0.1, 0.15) is 11.0 Å². The fraction of sp³-hybridized carbons (Fsp3) is 0.612. The SMILES string of the molecule is CC[C@H](C)[C@@H]([C@@H](CC(=O)N1CCC[C@H]1[C@H](OC)[C@@H](C)C(=O)N[C@@H](Cc1ccccc1)c1nccs1)OC)N(C)C(=O)[C@@H](NC(=O)[C@H](C(C)C)N(C)Cc1ccc(NC)cc1)C(C)C. The van der Waals surface area contributed by atoms with E-state index in [9.17, 15) is 19.2 Å². The number of anilines is 1. The summed E-state index contributed by atoms with van der Waals surface area (Å²) in [5.41, 5.74) is 3.18. The Kier molecular flexibility index (Phi) is 20.0. The molecule has 4 rings (SSSR count). The number of amides is 4. The minimum Gasteiger partial charge on any atom is -0.388 e. The summed E-state index contributed by atoms with van der Waals surface area (Å²) in [6, 6.07) is 15.8. The average molecular weight is 890 g/mol.